The van der Waals surface area contributed by atoms with Gasteiger partial charge < -0.3 is 9.15 Å². The third-order valence-electron chi connectivity index (χ3n) is 3.20. The fourth-order valence-electron chi connectivity index (χ4n) is 1.82. The topological polar surface area (TPSA) is 39.4 Å². The maximum absolute atomic E-state index is 11.9. The van der Waals surface area contributed by atoms with E-state index in [0.717, 1.165) is 28.4 Å². The Morgan fingerprint density at radius 3 is 2.71 bits per heavy atom. The number of hydrogen-bond acceptors (Lipinski definition) is 4. The van der Waals surface area contributed by atoms with Crippen molar-refractivity contribution in [3.63, 3.8) is 0 Å². The number of ether oxygens (including phenoxy) is 1. The minimum Gasteiger partial charge on any atom is -0.468 e. The number of thioether (sulfide) groups is 1. The van der Waals surface area contributed by atoms with Crippen molar-refractivity contribution in [2.24, 2.45) is 5.92 Å². The summed E-state index contributed by atoms with van der Waals surface area (Å²) in [6.07, 6.45) is 1.70. The third-order valence-corrected chi connectivity index (χ3v) is 4.40. The maximum Gasteiger partial charge on any atom is 0.309 e. The minimum absolute atomic E-state index is 0.117. The highest BCUT2D eigenvalue weighted by molar-refractivity contribution is 7.98. The van der Waals surface area contributed by atoms with Crippen molar-refractivity contribution in [3.05, 3.63) is 59.5 Å². The molecule has 0 bridgehead atoms. The average Bonchev–Trinajstić information content (AvgIpc) is 2.91. The summed E-state index contributed by atoms with van der Waals surface area (Å²) < 4.78 is 10.7. The molecule has 1 unspecified atom stereocenters. The predicted molar refractivity (Wildman–Crippen MR) is 85.0 cm³/mol. The highest BCUT2D eigenvalue weighted by Gasteiger charge is 2.15. The van der Waals surface area contributed by atoms with Gasteiger partial charge in [-0.25, -0.2) is 0 Å². The number of aryl methyl sites for hydroxylation is 1. The molecular weight excluding hydrogens is 284 g/mol. The van der Waals surface area contributed by atoms with Crippen molar-refractivity contribution in [2.45, 2.75) is 26.2 Å². The number of furan rings is 1. The summed E-state index contributed by atoms with van der Waals surface area (Å²) in [4.78, 5) is 11.9. The maximum atomic E-state index is 11.9. The van der Waals surface area contributed by atoms with Gasteiger partial charge in [-0.3, -0.25) is 4.79 Å². The van der Waals surface area contributed by atoms with Crippen molar-refractivity contribution in [2.75, 3.05) is 5.75 Å². The van der Waals surface area contributed by atoms with Gasteiger partial charge in [-0.2, -0.15) is 11.8 Å². The molecule has 1 atom stereocenters. The predicted octanol–water partition coefficient (Wildman–Crippen LogP) is 4.20. The molecule has 0 radical (unpaired) electrons. The van der Waals surface area contributed by atoms with E-state index in [1.54, 1.807) is 18.0 Å². The lowest BCUT2D eigenvalue weighted by atomic mass is 10.2. The number of hydrogen-bond donors (Lipinski definition) is 0. The largest absolute Gasteiger partial charge is 0.468 e. The molecule has 0 aliphatic heterocycles. The molecule has 0 aliphatic carbocycles. The molecule has 21 heavy (non-hydrogen) atoms. The van der Waals surface area contributed by atoms with Crippen molar-refractivity contribution >= 4 is 17.7 Å². The minimum atomic E-state index is -0.150. The Kier molecular flexibility index (Phi) is 5.93. The van der Waals surface area contributed by atoms with E-state index in [9.17, 15) is 4.79 Å². The summed E-state index contributed by atoms with van der Waals surface area (Å²) in [5.74, 6) is 2.23. The lowest BCUT2D eigenvalue weighted by Gasteiger charge is -2.11. The lowest BCUT2D eigenvalue weighted by molar-refractivity contribution is -0.148. The zero-order valence-corrected chi connectivity index (χ0v) is 13.2. The monoisotopic (exact) mass is 304 g/mol. The first-order valence-electron chi connectivity index (χ1n) is 6.98. The molecule has 112 valence electrons. The van der Waals surface area contributed by atoms with Gasteiger partial charge in [-0.05, 0) is 24.1 Å². The molecule has 0 spiro atoms. The molecule has 0 amide bonds. The molecule has 0 N–H and O–H groups in total. The van der Waals surface area contributed by atoms with Crippen LogP contribution in [-0.4, -0.2) is 11.7 Å². The fourth-order valence-corrected chi connectivity index (χ4v) is 2.91. The van der Waals surface area contributed by atoms with Crippen LogP contribution in [0.2, 0.25) is 0 Å². The molecule has 1 heterocycles. The first kappa shape index (κ1) is 15.7. The van der Waals surface area contributed by atoms with Crippen LogP contribution in [0.3, 0.4) is 0 Å². The number of carbonyl (C=O) groups excluding carboxylic acids is 1. The molecule has 2 rings (SSSR count). The highest BCUT2D eigenvalue weighted by Crippen LogP contribution is 2.19. The van der Waals surface area contributed by atoms with Gasteiger partial charge in [0, 0.05) is 5.75 Å². The van der Waals surface area contributed by atoms with Gasteiger partial charge in [-0.1, -0.05) is 37.3 Å². The average molecular weight is 304 g/mol. The summed E-state index contributed by atoms with van der Waals surface area (Å²) in [5, 5.41) is 0. The highest BCUT2D eigenvalue weighted by atomic mass is 32.2. The Labute approximate surface area is 129 Å². The van der Waals surface area contributed by atoms with Crippen LogP contribution in [0.4, 0.5) is 0 Å². The van der Waals surface area contributed by atoms with Crippen molar-refractivity contribution in [3.8, 4) is 0 Å². The van der Waals surface area contributed by atoms with E-state index in [0.29, 0.717) is 6.61 Å². The fraction of sp³-hybridized carbons (Fsp3) is 0.353. The summed E-state index contributed by atoms with van der Waals surface area (Å²) >= 11 is 1.69. The van der Waals surface area contributed by atoms with Gasteiger partial charge in [0.05, 0.1) is 17.9 Å². The van der Waals surface area contributed by atoms with Crippen molar-refractivity contribution in [1.82, 2.24) is 0 Å². The first-order chi connectivity index (χ1) is 10.2. The van der Waals surface area contributed by atoms with E-state index in [-0.39, 0.29) is 11.9 Å². The SMILES string of the molecule is Cc1ccoc1CSCC(C)C(=O)OCc1ccccc1. The van der Waals surface area contributed by atoms with Crippen molar-refractivity contribution in [1.29, 1.82) is 0 Å². The van der Waals surface area contributed by atoms with Gasteiger partial charge in [0.15, 0.2) is 0 Å². The van der Waals surface area contributed by atoms with Gasteiger partial charge >= 0.3 is 5.97 Å². The van der Waals surface area contributed by atoms with Gasteiger partial charge in [-0.15, -0.1) is 0 Å². The normalized spacial score (nSPS) is 12.1. The quantitative estimate of drug-likeness (QED) is 0.719. The second-order valence-corrected chi connectivity index (χ2v) is 6.07. The van der Waals surface area contributed by atoms with E-state index < -0.39 is 0 Å². The van der Waals surface area contributed by atoms with Crippen LogP contribution in [0.1, 0.15) is 23.8 Å². The van der Waals surface area contributed by atoms with E-state index in [1.165, 1.54) is 0 Å². The first-order valence-corrected chi connectivity index (χ1v) is 8.13. The van der Waals surface area contributed by atoms with Crippen LogP contribution in [0, 0.1) is 12.8 Å². The van der Waals surface area contributed by atoms with Crippen LogP contribution in [0.15, 0.2) is 47.1 Å². The Hall–Kier alpha value is -1.68. The van der Waals surface area contributed by atoms with Crippen LogP contribution in [0.25, 0.3) is 0 Å². The number of benzene rings is 1. The molecule has 4 heteroatoms. The van der Waals surface area contributed by atoms with E-state index >= 15 is 0 Å². The molecular formula is C17H20O3S. The smallest absolute Gasteiger partial charge is 0.309 e. The molecule has 0 aliphatic rings. The Balaban J connectivity index is 1.69. The molecule has 0 saturated heterocycles. The van der Waals surface area contributed by atoms with Gasteiger partial charge in [0.25, 0.3) is 0 Å². The number of esters is 1. The Morgan fingerprint density at radius 2 is 2.05 bits per heavy atom. The van der Waals surface area contributed by atoms with E-state index in [1.807, 2.05) is 50.2 Å². The molecule has 0 fully saturated rings. The number of carbonyl (C=O) groups is 1. The Bertz CT molecular complexity index is 562. The van der Waals surface area contributed by atoms with Crippen LogP contribution < -0.4 is 0 Å². The molecule has 3 nitrogen and oxygen atoms in total. The second-order valence-electron chi connectivity index (χ2n) is 5.04. The second kappa shape index (κ2) is 7.93. The van der Waals surface area contributed by atoms with Crippen LogP contribution in [-0.2, 0) is 21.9 Å². The molecule has 1 aromatic carbocycles. The van der Waals surface area contributed by atoms with Crippen LogP contribution in [0.5, 0.6) is 0 Å². The lowest BCUT2D eigenvalue weighted by Crippen LogP contribution is -2.16. The van der Waals surface area contributed by atoms with Crippen LogP contribution >= 0.6 is 11.8 Å². The van der Waals surface area contributed by atoms with E-state index in [4.69, 9.17) is 9.15 Å². The Morgan fingerprint density at radius 1 is 1.29 bits per heavy atom. The summed E-state index contributed by atoms with van der Waals surface area (Å²) in [6, 6.07) is 11.7. The molecule has 0 saturated carbocycles. The summed E-state index contributed by atoms with van der Waals surface area (Å²) in [7, 11) is 0. The van der Waals surface area contributed by atoms with Gasteiger partial charge in [0.1, 0.15) is 12.4 Å². The zero-order valence-electron chi connectivity index (χ0n) is 12.4. The summed E-state index contributed by atoms with van der Waals surface area (Å²) in [5.41, 5.74) is 2.17. The summed E-state index contributed by atoms with van der Waals surface area (Å²) in [6.45, 7) is 4.26. The third kappa shape index (κ3) is 4.97. The van der Waals surface area contributed by atoms with Gasteiger partial charge in [0.2, 0.25) is 0 Å². The molecule has 1 aromatic heterocycles. The van der Waals surface area contributed by atoms with Crippen molar-refractivity contribution < 1.29 is 13.9 Å². The number of rotatable bonds is 7. The standard InChI is InChI=1S/C17H20O3S/c1-13-8-9-19-16(13)12-21-11-14(2)17(18)20-10-15-6-4-3-5-7-15/h3-9,14H,10-12H2,1-2H3. The van der Waals surface area contributed by atoms with E-state index in [2.05, 4.69) is 0 Å². The zero-order chi connectivity index (χ0) is 15.1. The molecule has 2 aromatic rings.